The SMILES string of the molecule is N[C@@H](Cc1ccccc1)C(=O)Nc1cnccc1Cl. The molecule has 0 aliphatic heterocycles. The first kappa shape index (κ1) is 13.5. The maximum absolute atomic E-state index is 11.9. The van der Waals surface area contributed by atoms with Crippen LogP contribution in [-0.2, 0) is 11.2 Å². The summed E-state index contributed by atoms with van der Waals surface area (Å²) < 4.78 is 0. The Hall–Kier alpha value is -1.91. The second-order valence-corrected chi connectivity index (χ2v) is 4.55. The highest BCUT2D eigenvalue weighted by atomic mass is 35.5. The van der Waals surface area contributed by atoms with Crippen molar-refractivity contribution in [3.63, 3.8) is 0 Å². The van der Waals surface area contributed by atoms with Crippen LogP contribution in [0, 0.1) is 0 Å². The number of hydrogen-bond acceptors (Lipinski definition) is 3. The number of hydrogen-bond donors (Lipinski definition) is 2. The zero-order valence-corrected chi connectivity index (χ0v) is 11.0. The Labute approximate surface area is 116 Å². The van der Waals surface area contributed by atoms with Gasteiger partial charge in [0.2, 0.25) is 5.91 Å². The first-order chi connectivity index (χ1) is 9.16. The van der Waals surface area contributed by atoms with E-state index in [-0.39, 0.29) is 5.91 Å². The van der Waals surface area contributed by atoms with Crippen molar-refractivity contribution in [1.29, 1.82) is 0 Å². The maximum Gasteiger partial charge on any atom is 0.241 e. The molecule has 0 fully saturated rings. The van der Waals surface area contributed by atoms with Crippen LogP contribution in [0.3, 0.4) is 0 Å². The lowest BCUT2D eigenvalue weighted by atomic mass is 10.1. The van der Waals surface area contributed by atoms with E-state index in [1.807, 2.05) is 30.3 Å². The molecule has 1 aromatic carbocycles. The van der Waals surface area contributed by atoms with Crippen LogP contribution in [0.4, 0.5) is 5.69 Å². The van der Waals surface area contributed by atoms with E-state index in [9.17, 15) is 4.79 Å². The minimum Gasteiger partial charge on any atom is -0.322 e. The second-order valence-electron chi connectivity index (χ2n) is 4.14. The van der Waals surface area contributed by atoms with Crippen LogP contribution < -0.4 is 11.1 Å². The lowest BCUT2D eigenvalue weighted by Gasteiger charge is -2.12. The molecule has 0 saturated carbocycles. The number of nitrogens with zero attached hydrogens (tertiary/aromatic N) is 1. The Morgan fingerprint density at radius 3 is 2.74 bits per heavy atom. The molecule has 0 spiro atoms. The molecule has 1 amide bonds. The third-order valence-corrected chi connectivity index (χ3v) is 2.99. The van der Waals surface area contributed by atoms with Gasteiger partial charge in [0.25, 0.3) is 0 Å². The average Bonchev–Trinajstić information content (AvgIpc) is 2.42. The molecule has 1 atom stereocenters. The predicted molar refractivity (Wildman–Crippen MR) is 76.0 cm³/mol. The van der Waals surface area contributed by atoms with E-state index in [4.69, 9.17) is 17.3 Å². The van der Waals surface area contributed by atoms with Crippen LogP contribution in [0.15, 0.2) is 48.8 Å². The largest absolute Gasteiger partial charge is 0.322 e. The van der Waals surface area contributed by atoms with Crippen LogP contribution >= 0.6 is 11.6 Å². The van der Waals surface area contributed by atoms with E-state index in [1.165, 1.54) is 6.20 Å². The molecule has 1 aromatic heterocycles. The first-order valence-electron chi connectivity index (χ1n) is 5.86. The monoisotopic (exact) mass is 275 g/mol. The summed E-state index contributed by atoms with van der Waals surface area (Å²) >= 11 is 5.94. The van der Waals surface area contributed by atoms with E-state index in [2.05, 4.69) is 10.3 Å². The molecule has 19 heavy (non-hydrogen) atoms. The average molecular weight is 276 g/mol. The smallest absolute Gasteiger partial charge is 0.241 e. The number of halogens is 1. The van der Waals surface area contributed by atoms with Crippen LogP contribution in [-0.4, -0.2) is 16.9 Å². The highest BCUT2D eigenvalue weighted by Crippen LogP contribution is 2.19. The number of amides is 1. The molecular weight excluding hydrogens is 262 g/mol. The first-order valence-corrected chi connectivity index (χ1v) is 6.24. The number of nitrogens with two attached hydrogens (primary N) is 1. The van der Waals surface area contributed by atoms with Gasteiger partial charge in [0.1, 0.15) is 0 Å². The Morgan fingerprint density at radius 1 is 1.32 bits per heavy atom. The number of pyridine rings is 1. The highest BCUT2D eigenvalue weighted by Gasteiger charge is 2.15. The van der Waals surface area contributed by atoms with Crippen LogP contribution in [0.25, 0.3) is 0 Å². The van der Waals surface area contributed by atoms with Crippen molar-refractivity contribution in [3.05, 3.63) is 59.4 Å². The van der Waals surface area contributed by atoms with Crippen molar-refractivity contribution in [3.8, 4) is 0 Å². The van der Waals surface area contributed by atoms with Gasteiger partial charge >= 0.3 is 0 Å². The fraction of sp³-hybridized carbons (Fsp3) is 0.143. The zero-order chi connectivity index (χ0) is 13.7. The Morgan fingerprint density at radius 2 is 2.05 bits per heavy atom. The molecule has 0 saturated heterocycles. The van der Waals surface area contributed by atoms with E-state index in [1.54, 1.807) is 12.3 Å². The minimum absolute atomic E-state index is 0.279. The predicted octanol–water partition coefficient (Wildman–Crippen LogP) is 2.24. The standard InChI is InChI=1S/C14H14ClN3O/c15-11-6-7-17-9-13(11)18-14(19)12(16)8-10-4-2-1-3-5-10/h1-7,9,12H,8,16H2,(H,18,19)/t12-/m0/s1. The van der Waals surface area contributed by atoms with Gasteiger partial charge in [-0.3, -0.25) is 9.78 Å². The lowest BCUT2D eigenvalue weighted by molar-refractivity contribution is -0.117. The highest BCUT2D eigenvalue weighted by molar-refractivity contribution is 6.33. The normalized spacial score (nSPS) is 11.9. The van der Waals surface area contributed by atoms with Crippen molar-refractivity contribution >= 4 is 23.2 Å². The van der Waals surface area contributed by atoms with Crippen molar-refractivity contribution in [2.24, 2.45) is 5.73 Å². The molecule has 0 aliphatic carbocycles. The molecule has 0 bridgehead atoms. The summed E-state index contributed by atoms with van der Waals surface area (Å²) in [5.74, 6) is -0.279. The Balaban J connectivity index is 1.99. The molecule has 0 unspecified atom stereocenters. The van der Waals surface area contributed by atoms with Crippen LogP contribution in [0.1, 0.15) is 5.56 Å². The van der Waals surface area contributed by atoms with Crippen molar-refractivity contribution in [2.75, 3.05) is 5.32 Å². The van der Waals surface area contributed by atoms with Crippen molar-refractivity contribution < 1.29 is 4.79 Å². The van der Waals surface area contributed by atoms with Crippen LogP contribution in [0.5, 0.6) is 0 Å². The van der Waals surface area contributed by atoms with E-state index < -0.39 is 6.04 Å². The summed E-state index contributed by atoms with van der Waals surface area (Å²) in [4.78, 5) is 15.8. The molecule has 5 heteroatoms. The second kappa shape index (κ2) is 6.31. The van der Waals surface area contributed by atoms with Crippen LogP contribution in [0.2, 0.25) is 5.02 Å². The fourth-order valence-electron chi connectivity index (χ4n) is 1.66. The summed E-state index contributed by atoms with van der Waals surface area (Å²) in [6.07, 6.45) is 3.53. The molecule has 0 radical (unpaired) electrons. The molecule has 3 N–H and O–H groups in total. The van der Waals surface area contributed by atoms with Gasteiger partial charge in [-0.1, -0.05) is 41.9 Å². The molecule has 4 nitrogen and oxygen atoms in total. The number of rotatable bonds is 4. The van der Waals surface area contributed by atoms with Gasteiger partial charge in [0.05, 0.1) is 22.9 Å². The molecule has 1 heterocycles. The van der Waals surface area contributed by atoms with Crippen molar-refractivity contribution in [1.82, 2.24) is 4.98 Å². The van der Waals surface area contributed by atoms with E-state index in [0.29, 0.717) is 17.1 Å². The quantitative estimate of drug-likeness (QED) is 0.899. The maximum atomic E-state index is 11.9. The molecule has 98 valence electrons. The molecule has 0 aliphatic rings. The Kier molecular flexibility index (Phi) is 4.49. The third-order valence-electron chi connectivity index (χ3n) is 2.66. The van der Waals surface area contributed by atoms with Crippen molar-refractivity contribution in [2.45, 2.75) is 12.5 Å². The summed E-state index contributed by atoms with van der Waals surface area (Å²) in [5, 5.41) is 3.11. The number of aromatic nitrogens is 1. The number of nitrogens with one attached hydrogen (secondary N) is 1. The number of benzene rings is 1. The number of anilines is 1. The van der Waals surface area contributed by atoms with E-state index >= 15 is 0 Å². The molecule has 2 rings (SSSR count). The Bertz CT molecular complexity index is 560. The lowest BCUT2D eigenvalue weighted by Crippen LogP contribution is -2.37. The van der Waals surface area contributed by atoms with Gasteiger partial charge in [-0.2, -0.15) is 0 Å². The summed E-state index contributed by atoms with van der Waals surface area (Å²) in [6, 6.07) is 10.6. The van der Waals surface area contributed by atoms with Gasteiger partial charge in [0.15, 0.2) is 0 Å². The van der Waals surface area contributed by atoms with Gasteiger partial charge in [-0.05, 0) is 18.1 Å². The summed E-state index contributed by atoms with van der Waals surface area (Å²) in [7, 11) is 0. The zero-order valence-electron chi connectivity index (χ0n) is 10.2. The van der Waals surface area contributed by atoms with E-state index in [0.717, 1.165) is 5.56 Å². The van der Waals surface area contributed by atoms with Gasteiger partial charge in [-0.15, -0.1) is 0 Å². The summed E-state index contributed by atoms with van der Waals surface area (Å²) in [5.41, 5.74) is 7.36. The van der Waals surface area contributed by atoms with Gasteiger partial charge < -0.3 is 11.1 Å². The summed E-state index contributed by atoms with van der Waals surface area (Å²) in [6.45, 7) is 0. The van der Waals surface area contributed by atoms with Gasteiger partial charge in [0, 0.05) is 6.20 Å². The molecule has 2 aromatic rings. The number of carbonyl (C=O) groups excluding carboxylic acids is 1. The molecular formula is C14H14ClN3O. The number of carbonyl (C=O) groups is 1. The topological polar surface area (TPSA) is 68.0 Å². The third kappa shape index (κ3) is 3.77. The fourth-order valence-corrected chi connectivity index (χ4v) is 1.81. The minimum atomic E-state index is -0.626. The van der Waals surface area contributed by atoms with Gasteiger partial charge in [-0.25, -0.2) is 0 Å².